The zero-order valence-corrected chi connectivity index (χ0v) is 15.6. The van der Waals surface area contributed by atoms with Crippen molar-refractivity contribution in [1.29, 1.82) is 0 Å². The Morgan fingerprint density at radius 2 is 1.77 bits per heavy atom. The fourth-order valence-electron chi connectivity index (χ4n) is 2.98. The molecule has 0 N–H and O–H groups in total. The van der Waals surface area contributed by atoms with Gasteiger partial charge in [0.1, 0.15) is 16.4 Å². The SMILES string of the molecule is CS(=O)(=O)c1cccc(N2CCN(c3ccc(Cl)cn3)CC2)c1[N+](=O)[O-]. The third-order valence-corrected chi connectivity index (χ3v) is 5.57. The zero-order chi connectivity index (χ0) is 18.9. The fourth-order valence-corrected chi connectivity index (χ4v) is 3.95. The molecule has 0 saturated carbocycles. The second-order valence-corrected chi connectivity index (χ2v) is 8.38. The predicted octanol–water partition coefficient (Wildman–Crippen LogP) is 2.37. The number of nitro groups is 1. The standard InChI is InChI=1S/C16H17ClN4O4S/c1-26(24,25)14-4-2-3-13(16(14)21(22)23)19-7-9-20(10-8-19)15-6-5-12(17)11-18-15/h2-6,11H,7-10H2,1H3. The Bertz CT molecular complexity index is 926. The highest BCUT2D eigenvalue weighted by Gasteiger charge is 2.30. The number of hydrogen-bond acceptors (Lipinski definition) is 7. The van der Waals surface area contributed by atoms with Crippen LogP contribution in [0.15, 0.2) is 41.4 Å². The first kappa shape index (κ1) is 18.4. The first-order valence-electron chi connectivity index (χ1n) is 7.86. The monoisotopic (exact) mass is 396 g/mol. The number of benzene rings is 1. The first-order chi connectivity index (χ1) is 12.3. The van der Waals surface area contributed by atoms with Gasteiger partial charge in [0.2, 0.25) is 0 Å². The van der Waals surface area contributed by atoms with Crippen molar-refractivity contribution < 1.29 is 13.3 Å². The summed E-state index contributed by atoms with van der Waals surface area (Å²) in [6.07, 6.45) is 2.55. The number of nitrogens with zero attached hydrogens (tertiary/aromatic N) is 4. The van der Waals surface area contributed by atoms with Crippen molar-refractivity contribution in [2.75, 3.05) is 42.2 Å². The summed E-state index contributed by atoms with van der Waals surface area (Å²) in [5, 5.41) is 12.1. The summed E-state index contributed by atoms with van der Waals surface area (Å²) in [7, 11) is -3.70. The summed E-state index contributed by atoms with van der Waals surface area (Å²) < 4.78 is 23.8. The van der Waals surface area contributed by atoms with Crippen LogP contribution in [0.3, 0.4) is 0 Å². The van der Waals surface area contributed by atoms with Crippen LogP contribution in [0.5, 0.6) is 0 Å². The molecule has 0 aliphatic carbocycles. The van der Waals surface area contributed by atoms with E-state index in [0.717, 1.165) is 12.1 Å². The van der Waals surface area contributed by atoms with Crippen molar-refractivity contribution in [1.82, 2.24) is 4.98 Å². The van der Waals surface area contributed by atoms with Crippen molar-refractivity contribution in [3.8, 4) is 0 Å². The van der Waals surface area contributed by atoms with Crippen molar-refractivity contribution in [3.05, 3.63) is 51.7 Å². The van der Waals surface area contributed by atoms with Crippen LogP contribution in [0.4, 0.5) is 17.2 Å². The lowest BCUT2D eigenvalue weighted by molar-refractivity contribution is -0.387. The molecule has 10 heteroatoms. The van der Waals surface area contributed by atoms with Gasteiger partial charge >= 0.3 is 5.69 Å². The Hall–Kier alpha value is -2.39. The minimum Gasteiger partial charge on any atom is -0.362 e. The molecule has 1 aromatic heterocycles. The number of anilines is 2. The van der Waals surface area contributed by atoms with E-state index >= 15 is 0 Å². The van der Waals surface area contributed by atoms with Gasteiger partial charge < -0.3 is 9.80 Å². The van der Waals surface area contributed by atoms with Crippen LogP contribution in [-0.2, 0) is 9.84 Å². The number of aromatic nitrogens is 1. The van der Waals surface area contributed by atoms with Gasteiger partial charge in [0, 0.05) is 38.6 Å². The van der Waals surface area contributed by atoms with Gasteiger partial charge in [-0.15, -0.1) is 0 Å². The molecule has 8 nitrogen and oxygen atoms in total. The summed E-state index contributed by atoms with van der Waals surface area (Å²) in [6.45, 7) is 2.24. The molecule has 0 amide bonds. The topological polar surface area (TPSA) is 96.7 Å². The Labute approximate surface area is 156 Å². The second kappa shape index (κ2) is 7.08. The molecule has 26 heavy (non-hydrogen) atoms. The smallest absolute Gasteiger partial charge is 0.311 e. The van der Waals surface area contributed by atoms with E-state index in [1.54, 1.807) is 18.3 Å². The largest absolute Gasteiger partial charge is 0.362 e. The molecule has 1 aliphatic rings. The molecule has 2 heterocycles. The van der Waals surface area contributed by atoms with Gasteiger partial charge in [-0.3, -0.25) is 10.1 Å². The Kier molecular flexibility index (Phi) is 5.01. The minimum absolute atomic E-state index is 0.262. The molecule has 1 aliphatic heterocycles. The minimum atomic E-state index is -3.70. The highest BCUT2D eigenvalue weighted by Crippen LogP contribution is 2.35. The second-order valence-electron chi connectivity index (χ2n) is 5.96. The van der Waals surface area contributed by atoms with E-state index in [2.05, 4.69) is 9.88 Å². The molecule has 0 bridgehead atoms. The van der Waals surface area contributed by atoms with Gasteiger partial charge in [0.15, 0.2) is 9.84 Å². The lowest BCUT2D eigenvalue weighted by atomic mass is 10.2. The van der Waals surface area contributed by atoms with Crippen LogP contribution in [0.2, 0.25) is 5.02 Å². The van der Waals surface area contributed by atoms with Crippen molar-refractivity contribution in [2.45, 2.75) is 4.90 Å². The van der Waals surface area contributed by atoms with Crippen LogP contribution < -0.4 is 9.80 Å². The van der Waals surface area contributed by atoms with E-state index in [4.69, 9.17) is 11.6 Å². The molecule has 0 radical (unpaired) electrons. The maximum atomic E-state index is 11.9. The quantitative estimate of drug-likeness (QED) is 0.578. The van der Waals surface area contributed by atoms with Crippen LogP contribution in [0.1, 0.15) is 0 Å². The summed E-state index contributed by atoms with van der Waals surface area (Å²) in [6, 6.07) is 7.97. The van der Waals surface area contributed by atoms with Crippen LogP contribution in [-0.4, -0.2) is 50.8 Å². The number of nitro benzene ring substituents is 1. The van der Waals surface area contributed by atoms with Crippen molar-refractivity contribution in [3.63, 3.8) is 0 Å². The van der Waals surface area contributed by atoms with E-state index in [9.17, 15) is 18.5 Å². The number of halogens is 1. The van der Waals surface area contributed by atoms with Gasteiger partial charge in [-0.05, 0) is 24.3 Å². The number of pyridine rings is 1. The Balaban J connectivity index is 1.85. The van der Waals surface area contributed by atoms with Crippen LogP contribution in [0.25, 0.3) is 0 Å². The predicted molar refractivity (Wildman–Crippen MR) is 99.9 cm³/mol. The fraction of sp³-hybridized carbons (Fsp3) is 0.312. The maximum Gasteiger partial charge on any atom is 0.311 e. The average molecular weight is 397 g/mol. The highest BCUT2D eigenvalue weighted by atomic mass is 35.5. The Morgan fingerprint density at radius 3 is 2.31 bits per heavy atom. The molecule has 3 rings (SSSR count). The first-order valence-corrected chi connectivity index (χ1v) is 10.1. The molecule has 0 atom stereocenters. The van der Waals surface area contributed by atoms with Crippen molar-refractivity contribution in [2.24, 2.45) is 0 Å². The maximum absolute atomic E-state index is 11.9. The van der Waals surface area contributed by atoms with E-state index in [-0.39, 0.29) is 10.6 Å². The number of rotatable bonds is 4. The van der Waals surface area contributed by atoms with E-state index in [1.165, 1.54) is 12.1 Å². The van der Waals surface area contributed by atoms with Gasteiger partial charge in [-0.1, -0.05) is 17.7 Å². The lowest BCUT2D eigenvalue weighted by Crippen LogP contribution is -2.47. The van der Waals surface area contributed by atoms with Crippen LogP contribution >= 0.6 is 11.6 Å². The van der Waals surface area contributed by atoms with Gasteiger partial charge in [0.25, 0.3) is 0 Å². The summed E-state index contributed by atoms with van der Waals surface area (Å²) in [5.74, 6) is 0.786. The summed E-state index contributed by atoms with van der Waals surface area (Å²) >= 11 is 5.85. The Morgan fingerprint density at radius 1 is 1.12 bits per heavy atom. The van der Waals surface area contributed by atoms with Gasteiger partial charge in [0.05, 0.1) is 9.95 Å². The average Bonchev–Trinajstić information content (AvgIpc) is 2.61. The summed E-state index contributed by atoms with van der Waals surface area (Å²) in [4.78, 5) is 18.8. The molecule has 0 spiro atoms. The van der Waals surface area contributed by atoms with E-state index < -0.39 is 14.8 Å². The number of para-hydroxylation sites is 1. The molecular formula is C16H17ClN4O4S. The molecule has 2 aromatic rings. The lowest BCUT2D eigenvalue weighted by Gasteiger charge is -2.36. The van der Waals surface area contributed by atoms with E-state index in [0.29, 0.717) is 36.9 Å². The zero-order valence-electron chi connectivity index (χ0n) is 14.0. The molecule has 1 aromatic carbocycles. The number of hydrogen-bond donors (Lipinski definition) is 0. The molecule has 0 unspecified atom stereocenters. The molecule has 138 valence electrons. The highest BCUT2D eigenvalue weighted by molar-refractivity contribution is 7.90. The van der Waals surface area contributed by atoms with Gasteiger partial charge in [-0.2, -0.15) is 0 Å². The summed E-state index contributed by atoms with van der Waals surface area (Å²) in [5.41, 5.74) is -0.0466. The van der Waals surface area contributed by atoms with E-state index in [1.807, 2.05) is 11.0 Å². The number of sulfone groups is 1. The van der Waals surface area contributed by atoms with Crippen LogP contribution in [0, 0.1) is 10.1 Å². The molecular weight excluding hydrogens is 380 g/mol. The molecule has 1 fully saturated rings. The number of piperazine rings is 1. The van der Waals surface area contributed by atoms with Gasteiger partial charge in [-0.25, -0.2) is 13.4 Å². The molecule has 1 saturated heterocycles. The van der Waals surface area contributed by atoms with Crippen molar-refractivity contribution >= 4 is 38.6 Å². The third kappa shape index (κ3) is 3.73. The normalized spacial score (nSPS) is 15.2. The third-order valence-electron chi connectivity index (χ3n) is 4.22.